The van der Waals surface area contributed by atoms with Crippen molar-refractivity contribution < 1.29 is 37.1 Å². The Labute approximate surface area is 149 Å². The molecule has 26 heavy (non-hydrogen) atoms. The van der Waals surface area contributed by atoms with Gasteiger partial charge in [0.25, 0.3) is 0 Å². The number of carbonyl (C=O) groups is 2. The van der Waals surface area contributed by atoms with Crippen molar-refractivity contribution >= 4 is 11.9 Å². The first-order valence-electron chi connectivity index (χ1n) is 8.05. The lowest BCUT2D eigenvalue weighted by Crippen LogP contribution is -2.25. The molecule has 148 valence electrons. The molecule has 0 saturated carbocycles. The van der Waals surface area contributed by atoms with Crippen molar-refractivity contribution in [2.75, 3.05) is 6.61 Å². The molecule has 0 radical (unpaired) electrons. The van der Waals surface area contributed by atoms with Gasteiger partial charge in [0.1, 0.15) is 5.82 Å². The third-order valence-corrected chi connectivity index (χ3v) is 3.42. The largest absolute Gasteiger partial charge is 0.490 e. The third-order valence-electron chi connectivity index (χ3n) is 3.42. The Morgan fingerprint density at radius 2 is 1.81 bits per heavy atom. The summed E-state index contributed by atoms with van der Waals surface area (Å²) < 4.78 is 45.2. The van der Waals surface area contributed by atoms with Crippen molar-refractivity contribution in [3.8, 4) is 0 Å². The number of carboxylic acids is 1. The van der Waals surface area contributed by atoms with E-state index in [1.54, 1.807) is 6.07 Å². The number of alkyl halides is 3. The molecule has 1 unspecified atom stereocenters. The number of benzene rings is 1. The van der Waals surface area contributed by atoms with Crippen LogP contribution >= 0.6 is 0 Å². The van der Waals surface area contributed by atoms with Gasteiger partial charge in [-0.25, -0.2) is 14.7 Å². The molecule has 1 aromatic rings. The summed E-state index contributed by atoms with van der Waals surface area (Å²) in [6.45, 7) is 6.20. The quantitative estimate of drug-likeness (QED) is 0.554. The summed E-state index contributed by atoms with van der Waals surface area (Å²) in [6.07, 6.45) is -3.25. The summed E-state index contributed by atoms with van der Waals surface area (Å²) in [7, 11) is 0. The summed E-state index contributed by atoms with van der Waals surface area (Å²) in [5.41, 5.74) is 4.10. The van der Waals surface area contributed by atoms with Crippen molar-refractivity contribution in [3.05, 3.63) is 35.1 Å². The normalized spacial score (nSPS) is 12.0. The standard InChI is InChI=1S/C15H22FNO2.C2HF3O2/c1-4-11(10-15(18)17-19-6-3)13-7-8-14(16)12(5-2)9-13;3-2(4,5)1(6)7/h7-9,11H,4-6,10H2,1-3H3,(H,17,18);(H,6,7). The maximum Gasteiger partial charge on any atom is 0.490 e. The van der Waals surface area contributed by atoms with Gasteiger partial charge in [0, 0.05) is 6.42 Å². The van der Waals surface area contributed by atoms with Gasteiger partial charge >= 0.3 is 12.1 Å². The van der Waals surface area contributed by atoms with Gasteiger partial charge < -0.3 is 5.11 Å². The lowest BCUT2D eigenvalue weighted by Gasteiger charge is -2.16. The fourth-order valence-corrected chi connectivity index (χ4v) is 2.04. The van der Waals surface area contributed by atoms with Crippen LogP contribution in [0, 0.1) is 5.82 Å². The van der Waals surface area contributed by atoms with Gasteiger partial charge in [-0.3, -0.25) is 9.63 Å². The Morgan fingerprint density at radius 1 is 1.23 bits per heavy atom. The van der Waals surface area contributed by atoms with E-state index in [2.05, 4.69) is 5.48 Å². The molecule has 5 nitrogen and oxygen atoms in total. The van der Waals surface area contributed by atoms with E-state index in [4.69, 9.17) is 14.7 Å². The molecule has 0 bridgehead atoms. The van der Waals surface area contributed by atoms with E-state index in [9.17, 15) is 22.4 Å². The minimum Gasteiger partial charge on any atom is -0.475 e. The number of hydroxylamine groups is 1. The van der Waals surface area contributed by atoms with Gasteiger partial charge in [0.2, 0.25) is 5.91 Å². The van der Waals surface area contributed by atoms with Crippen LogP contribution < -0.4 is 5.48 Å². The molecule has 0 fully saturated rings. The second-order valence-electron chi connectivity index (χ2n) is 5.27. The number of carboxylic acid groups (broad SMARTS) is 1. The molecule has 0 spiro atoms. The molecule has 0 aromatic heterocycles. The van der Waals surface area contributed by atoms with E-state index in [0.29, 0.717) is 25.0 Å². The maximum absolute atomic E-state index is 13.5. The van der Waals surface area contributed by atoms with Crippen molar-refractivity contribution in [2.45, 2.75) is 52.1 Å². The molecule has 0 aliphatic carbocycles. The number of nitrogens with one attached hydrogen (secondary N) is 1. The zero-order valence-corrected chi connectivity index (χ0v) is 14.8. The van der Waals surface area contributed by atoms with E-state index >= 15 is 0 Å². The predicted octanol–water partition coefficient (Wildman–Crippen LogP) is 3.97. The fraction of sp³-hybridized carbons (Fsp3) is 0.529. The fourth-order valence-electron chi connectivity index (χ4n) is 2.04. The average Bonchev–Trinajstić information content (AvgIpc) is 2.58. The second-order valence-corrected chi connectivity index (χ2v) is 5.27. The van der Waals surface area contributed by atoms with Crippen LogP contribution in [0.15, 0.2) is 18.2 Å². The van der Waals surface area contributed by atoms with E-state index in [1.165, 1.54) is 6.07 Å². The van der Waals surface area contributed by atoms with Crippen molar-refractivity contribution in [1.29, 1.82) is 0 Å². The molecule has 0 heterocycles. The molecule has 9 heteroatoms. The van der Waals surface area contributed by atoms with Gasteiger partial charge in [-0.2, -0.15) is 13.2 Å². The van der Waals surface area contributed by atoms with Crippen LogP contribution in [0.1, 0.15) is 50.7 Å². The van der Waals surface area contributed by atoms with E-state index in [1.807, 2.05) is 26.8 Å². The van der Waals surface area contributed by atoms with Crippen molar-refractivity contribution in [1.82, 2.24) is 5.48 Å². The predicted molar refractivity (Wildman–Crippen MR) is 86.9 cm³/mol. The summed E-state index contributed by atoms with van der Waals surface area (Å²) in [6, 6.07) is 5.10. The molecule has 1 atom stereocenters. The number of aliphatic carboxylic acids is 1. The van der Waals surface area contributed by atoms with Gasteiger partial charge in [-0.1, -0.05) is 26.0 Å². The monoisotopic (exact) mass is 381 g/mol. The lowest BCUT2D eigenvalue weighted by atomic mass is 9.91. The van der Waals surface area contributed by atoms with Gasteiger partial charge in [-0.05, 0) is 42.9 Å². The van der Waals surface area contributed by atoms with Crippen LogP contribution in [0.4, 0.5) is 17.6 Å². The van der Waals surface area contributed by atoms with Crippen molar-refractivity contribution in [2.24, 2.45) is 0 Å². The Bertz CT molecular complexity index is 591. The number of halogens is 4. The van der Waals surface area contributed by atoms with Gasteiger partial charge in [0.15, 0.2) is 0 Å². The summed E-state index contributed by atoms with van der Waals surface area (Å²) >= 11 is 0. The third kappa shape index (κ3) is 8.80. The number of aryl methyl sites for hydroxylation is 1. The highest BCUT2D eigenvalue weighted by molar-refractivity contribution is 5.75. The summed E-state index contributed by atoms with van der Waals surface area (Å²) in [4.78, 5) is 25.4. The van der Waals surface area contributed by atoms with Crippen LogP contribution in [-0.4, -0.2) is 29.8 Å². The average molecular weight is 381 g/mol. The second kappa shape index (κ2) is 11.5. The first-order valence-corrected chi connectivity index (χ1v) is 8.05. The van der Waals surface area contributed by atoms with Gasteiger partial charge in [0.05, 0.1) is 6.61 Å². The highest BCUT2D eigenvalue weighted by Gasteiger charge is 2.38. The molecular formula is C17H23F4NO4. The SMILES string of the molecule is CCONC(=O)CC(CC)c1ccc(F)c(CC)c1.O=C(O)C(F)(F)F. The molecule has 1 amide bonds. The van der Waals surface area contributed by atoms with Gasteiger partial charge in [-0.15, -0.1) is 0 Å². The zero-order chi connectivity index (χ0) is 20.3. The van der Waals surface area contributed by atoms with Crippen LogP contribution in [0.25, 0.3) is 0 Å². The maximum atomic E-state index is 13.5. The smallest absolute Gasteiger partial charge is 0.475 e. The Balaban J connectivity index is 0.000000758. The first-order chi connectivity index (χ1) is 12.1. The number of amides is 1. The molecule has 2 N–H and O–H groups in total. The minimum absolute atomic E-state index is 0.0892. The number of carbonyl (C=O) groups excluding carboxylic acids is 1. The van der Waals surface area contributed by atoms with Crippen molar-refractivity contribution in [3.63, 3.8) is 0 Å². The van der Waals surface area contributed by atoms with E-state index in [0.717, 1.165) is 12.0 Å². The van der Waals surface area contributed by atoms with Crippen LogP contribution in [0.2, 0.25) is 0 Å². The Morgan fingerprint density at radius 3 is 2.23 bits per heavy atom. The highest BCUT2D eigenvalue weighted by atomic mass is 19.4. The molecule has 0 saturated heterocycles. The summed E-state index contributed by atoms with van der Waals surface area (Å²) in [5.74, 6) is -2.99. The molecule has 0 aliphatic heterocycles. The Hall–Kier alpha value is -2.16. The topological polar surface area (TPSA) is 75.6 Å². The van der Waals surface area contributed by atoms with Crippen LogP contribution in [0.3, 0.4) is 0 Å². The molecular weight excluding hydrogens is 358 g/mol. The molecule has 0 aliphatic rings. The zero-order valence-electron chi connectivity index (χ0n) is 14.8. The van der Waals surface area contributed by atoms with E-state index < -0.39 is 12.1 Å². The Kier molecular flexibility index (Phi) is 10.5. The first kappa shape index (κ1) is 23.8. The number of hydrogen-bond acceptors (Lipinski definition) is 3. The number of hydrogen-bond donors (Lipinski definition) is 2. The van der Waals surface area contributed by atoms with Crippen LogP contribution in [0.5, 0.6) is 0 Å². The molecule has 1 aromatic carbocycles. The minimum atomic E-state index is -5.08. The summed E-state index contributed by atoms with van der Waals surface area (Å²) in [5, 5.41) is 7.12. The number of rotatable bonds is 7. The lowest BCUT2D eigenvalue weighted by molar-refractivity contribution is -0.192. The van der Waals surface area contributed by atoms with E-state index in [-0.39, 0.29) is 17.6 Å². The molecule has 1 rings (SSSR count). The highest BCUT2D eigenvalue weighted by Crippen LogP contribution is 2.25. The van der Waals surface area contributed by atoms with Crippen LogP contribution in [-0.2, 0) is 20.8 Å².